The molecule has 1 N–H and O–H groups in total. The third-order valence-corrected chi connectivity index (χ3v) is 9.48. The zero-order valence-corrected chi connectivity index (χ0v) is 27.8. The topological polar surface area (TPSA) is 101 Å². The molecular weight excluding hydrogens is 592 g/mol. The van der Waals surface area contributed by atoms with Gasteiger partial charge in [-0.05, 0) is 68.7 Å². The maximum atomic E-state index is 15.0. The van der Waals surface area contributed by atoms with Gasteiger partial charge in [-0.2, -0.15) is 5.10 Å². The maximum absolute atomic E-state index is 15.0. The lowest BCUT2D eigenvalue weighted by atomic mass is 9.59. The van der Waals surface area contributed by atoms with E-state index in [9.17, 15) is 9.59 Å². The van der Waals surface area contributed by atoms with Gasteiger partial charge in [0.2, 0.25) is 0 Å². The van der Waals surface area contributed by atoms with Gasteiger partial charge in [-0.3, -0.25) is 19.7 Å². The molecule has 0 saturated heterocycles. The molecule has 2 heterocycles. The van der Waals surface area contributed by atoms with E-state index in [0.717, 1.165) is 28.2 Å². The Morgan fingerprint density at radius 3 is 2.04 bits per heavy atom. The average molecular weight is 635 g/mol. The molecule has 0 bridgehead atoms. The minimum atomic E-state index is -1.24. The first-order valence-electron chi connectivity index (χ1n) is 16.3. The predicted octanol–water partition coefficient (Wildman–Crippen LogP) is 5.57. The Kier molecular flexibility index (Phi) is 9.01. The van der Waals surface area contributed by atoms with Crippen LogP contribution in [0.3, 0.4) is 0 Å². The number of rotatable bonds is 8. The molecule has 0 radical (unpaired) electrons. The highest BCUT2D eigenvalue weighted by Gasteiger charge is 2.59. The number of nitrogens with one attached hydrogen (secondary N) is 1. The maximum Gasteiger partial charge on any atom is 0.317 e. The molecule has 0 spiro atoms. The van der Waals surface area contributed by atoms with E-state index in [1.807, 2.05) is 117 Å². The standard InChI is InChI=1S/C38H42N4O5/c1-7-46-37(44)31-29(24-12-10-9-11-13-24)33(38(45)47-8-2)35(43)32-30(31)28-23(4)40-42(27-18-14-22(3)15-19-27)36(28)39-34(32)25-16-20-26(21-17-25)41(5)6/h9-21,28-29,31,33-34,36,39H,7-8H2,1-6H3/t28-,29-,31+,33-,34-,36-/m0/s1. The molecule has 244 valence electrons. The number of hydrogen-bond acceptors (Lipinski definition) is 9. The van der Waals surface area contributed by atoms with Gasteiger partial charge in [0.25, 0.3) is 0 Å². The van der Waals surface area contributed by atoms with Crippen LogP contribution in [0.1, 0.15) is 49.4 Å². The van der Waals surface area contributed by atoms with E-state index in [0.29, 0.717) is 16.7 Å². The SMILES string of the molecule is CCOC(=O)[C@@H]1C(=O)C2=C([C@H](C(=O)OCC)[C@@H]1c1ccccc1)[C@@H]1C(C)=NN(c3ccc(C)cc3)[C@@H]1N[C@H]2c1ccc(N(C)C)cc1. The van der Waals surface area contributed by atoms with Gasteiger partial charge in [-0.15, -0.1) is 0 Å². The van der Waals surface area contributed by atoms with Crippen LogP contribution in [-0.2, 0) is 23.9 Å². The van der Waals surface area contributed by atoms with Crippen LogP contribution < -0.4 is 15.2 Å². The molecule has 3 aliphatic rings. The van der Waals surface area contributed by atoms with Crippen molar-refractivity contribution in [2.75, 3.05) is 37.2 Å². The first-order valence-corrected chi connectivity index (χ1v) is 16.3. The van der Waals surface area contributed by atoms with Crippen molar-refractivity contribution in [2.24, 2.45) is 22.9 Å². The minimum Gasteiger partial charge on any atom is -0.466 e. The zero-order valence-electron chi connectivity index (χ0n) is 27.8. The van der Waals surface area contributed by atoms with Crippen molar-refractivity contribution in [2.45, 2.75) is 45.8 Å². The van der Waals surface area contributed by atoms with Gasteiger partial charge < -0.3 is 14.4 Å². The van der Waals surface area contributed by atoms with Crippen LogP contribution in [0.2, 0.25) is 0 Å². The fraction of sp³-hybridized carbons (Fsp3) is 0.368. The molecule has 2 aliphatic heterocycles. The molecule has 0 saturated carbocycles. The lowest BCUT2D eigenvalue weighted by Gasteiger charge is -2.47. The summed E-state index contributed by atoms with van der Waals surface area (Å²) in [5.41, 5.74) is 6.39. The summed E-state index contributed by atoms with van der Waals surface area (Å²) in [6, 6.07) is 24.8. The molecular formula is C38H42N4O5. The number of aryl methyl sites for hydroxylation is 1. The number of hydrazone groups is 1. The van der Waals surface area contributed by atoms with Gasteiger partial charge in [0.1, 0.15) is 12.1 Å². The first-order chi connectivity index (χ1) is 22.7. The lowest BCUT2D eigenvalue weighted by Crippen LogP contribution is -2.57. The van der Waals surface area contributed by atoms with Gasteiger partial charge in [0, 0.05) is 37.0 Å². The van der Waals surface area contributed by atoms with Crippen LogP contribution in [-0.4, -0.2) is 56.9 Å². The molecule has 0 aromatic heterocycles. The summed E-state index contributed by atoms with van der Waals surface area (Å²) in [4.78, 5) is 45.2. The third-order valence-electron chi connectivity index (χ3n) is 9.48. The van der Waals surface area contributed by atoms with Crippen molar-refractivity contribution in [1.29, 1.82) is 0 Å². The molecule has 0 unspecified atom stereocenters. The lowest BCUT2D eigenvalue weighted by molar-refractivity contribution is -0.156. The average Bonchev–Trinajstić information content (AvgIpc) is 3.40. The fourth-order valence-corrected chi connectivity index (χ4v) is 7.37. The van der Waals surface area contributed by atoms with E-state index in [-0.39, 0.29) is 19.0 Å². The molecule has 3 aromatic rings. The molecule has 9 heteroatoms. The number of ether oxygens (including phenoxy) is 2. The van der Waals surface area contributed by atoms with Crippen LogP contribution in [0.4, 0.5) is 11.4 Å². The largest absolute Gasteiger partial charge is 0.466 e. The molecule has 1 aliphatic carbocycles. The fourth-order valence-electron chi connectivity index (χ4n) is 7.37. The molecule has 9 nitrogen and oxygen atoms in total. The quantitative estimate of drug-likeness (QED) is 0.254. The Labute approximate surface area is 276 Å². The number of fused-ring (bicyclic) bond motifs is 2. The molecule has 6 rings (SSSR count). The number of Topliss-reactive ketones (excluding diaryl/α,β-unsaturated/α-hetero) is 1. The first kappa shape index (κ1) is 32.2. The van der Waals surface area contributed by atoms with Crippen LogP contribution in [0.15, 0.2) is 95.1 Å². The minimum absolute atomic E-state index is 0.107. The van der Waals surface area contributed by atoms with Crippen molar-refractivity contribution >= 4 is 34.8 Å². The Morgan fingerprint density at radius 2 is 1.45 bits per heavy atom. The second kappa shape index (κ2) is 13.2. The van der Waals surface area contributed by atoms with E-state index in [2.05, 4.69) is 5.32 Å². The van der Waals surface area contributed by atoms with Gasteiger partial charge in [-0.1, -0.05) is 60.2 Å². The third kappa shape index (κ3) is 5.73. The van der Waals surface area contributed by atoms with Gasteiger partial charge >= 0.3 is 11.9 Å². The van der Waals surface area contributed by atoms with Crippen LogP contribution >= 0.6 is 0 Å². The number of carbonyl (C=O) groups is 3. The highest BCUT2D eigenvalue weighted by Crippen LogP contribution is 2.54. The summed E-state index contributed by atoms with van der Waals surface area (Å²) in [7, 11) is 3.94. The number of hydrogen-bond donors (Lipinski definition) is 1. The van der Waals surface area contributed by atoms with E-state index in [1.54, 1.807) is 13.8 Å². The van der Waals surface area contributed by atoms with Gasteiger partial charge in [-0.25, -0.2) is 5.01 Å². The molecule has 3 aromatic carbocycles. The Hall–Kier alpha value is -4.76. The zero-order chi connectivity index (χ0) is 33.4. The second-order valence-corrected chi connectivity index (χ2v) is 12.6. The number of anilines is 2. The summed E-state index contributed by atoms with van der Waals surface area (Å²) in [6.07, 6.45) is -0.407. The summed E-state index contributed by atoms with van der Waals surface area (Å²) < 4.78 is 11.3. The van der Waals surface area contributed by atoms with Crippen LogP contribution in [0.25, 0.3) is 0 Å². The summed E-state index contributed by atoms with van der Waals surface area (Å²) in [5.74, 6) is -4.88. The normalized spacial score (nSPS) is 25.1. The Balaban J connectivity index is 1.62. The number of ketones is 1. The van der Waals surface area contributed by atoms with Crippen molar-refractivity contribution in [3.63, 3.8) is 0 Å². The predicted molar refractivity (Wildman–Crippen MR) is 182 cm³/mol. The summed E-state index contributed by atoms with van der Waals surface area (Å²) in [5, 5.41) is 10.7. The van der Waals surface area contributed by atoms with E-state index < -0.39 is 47.8 Å². The summed E-state index contributed by atoms with van der Waals surface area (Å²) in [6.45, 7) is 7.72. The van der Waals surface area contributed by atoms with Crippen molar-refractivity contribution in [3.05, 3.63) is 107 Å². The van der Waals surface area contributed by atoms with Crippen molar-refractivity contribution in [3.8, 4) is 0 Å². The number of benzene rings is 3. The summed E-state index contributed by atoms with van der Waals surface area (Å²) >= 11 is 0. The Bertz CT molecular complexity index is 1710. The number of esters is 2. The highest BCUT2D eigenvalue weighted by molar-refractivity contribution is 6.14. The van der Waals surface area contributed by atoms with Crippen LogP contribution in [0, 0.1) is 24.7 Å². The van der Waals surface area contributed by atoms with Crippen LogP contribution in [0.5, 0.6) is 0 Å². The van der Waals surface area contributed by atoms with E-state index in [1.165, 1.54) is 0 Å². The second-order valence-electron chi connectivity index (χ2n) is 12.6. The number of nitrogens with zero attached hydrogens (tertiary/aromatic N) is 3. The monoisotopic (exact) mass is 634 g/mol. The highest BCUT2D eigenvalue weighted by atomic mass is 16.5. The van der Waals surface area contributed by atoms with Gasteiger partial charge in [0.15, 0.2) is 5.78 Å². The van der Waals surface area contributed by atoms with E-state index in [4.69, 9.17) is 14.6 Å². The van der Waals surface area contributed by atoms with E-state index >= 15 is 4.79 Å². The molecule has 0 amide bonds. The number of carbonyl (C=O) groups excluding carboxylic acids is 3. The smallest absolute Gasteiger partial charge is 0.317 e. The molecule has 47 heavy (non-hydrogen) atoms. The molecule has 6 atom stereocenters. The van der Waals surface area contributed by atoms with Crippen molar-refractivity contribution < 1.29 is 23.9 Å². The Morgan fingerprint density at radius 1 is 0.830 bits per heavy atom. The van der Waals surface area contributed by atoms with Gasteiger partial charge in [0.05, 0.1) is 36.8 Å². The van der Waals surface area contributed by atoms with Crippen molar-refractivity contribution in [1.82, 2.24) is 5.32 Å². The molecule has 0 fully saturated rings.